The first-order valence-electron chi connectivity index (χ1n) is 7.46. The minimum absolute atomic E-state index is 0.00961. The first kappa shape index (κ1) is 17.8. The lowest BCUT2D eigenvalue weighted by atomic mass is 10.3. The highest BCUT2D eigenvalue weighted by atomic mass is 32.1. The van der Waals surface area contributed by atoms with Crippen molar-refractivity contribution in [3.8, 4) is 17.2 Å². The molecule has 2 rings (SSSR count). The van der Waals surface area contributed by atoms with Crippen LogP contribution in [0.15, 0.2) is 42.6 Å². The van der Waals surface area contributed by atoms with Crippen LogP contribution < -0.4 is 24.8 Å². The van der Waals surface area contributed by atoms with Crippen molar-refractivity contribution in [2.24, 2.45) is 0 Å². The third-order valence-electron chi connectivity index (χ3n) is 3.16. The molecule has 24 heavy (non-hydrogen) atoms. The van der Waals surface area contributed by atoms with Gasteiger partial charge in [-0.2, -0.15) is 0 Å². The highest BCUT2D eigenvalue weighted by Crippen LogP contribution is 2.25. The van der Waals surface area contributed by atoms with Crippen molar-refractivity contribution in [2.75, 3.05) is 26.1 Å². The first-order chi connectivity index (χ1) is 11.6. The predicted molar refractivity (Wildman–Crippen MR) is 98.1 cm³/mol. The average molecular weight is 347 g/mol. The third-order valence-corrected chi connectivity index (χ3v) is 3.38. The molecule has 128 valence electrons. The lowest BCUT2D eigenvalue weighted by molar-refractivity contribution is 0.270. The molecule has 0 amide bonds. The highest BCUT2D eigenvalue weighted by Gasteiger charge is 2.10. The predicted octanol–water partition coefficient (Wildman–Crippen LogP) is 2.85. The molecule has 0 unspecified atom stereocenters. The molecule has 0 spiro atoms. The maximum absolute atomic E-state index is 5.77. The fourth-order valence-corrected chi connectivity index (χ4v) is 2.31. The van der Waals surface area contributed by atoms with Crippen LogP contribution in [-0.4, -0.2) is 37.0 Å². The van der Waals surface area contributed by atoms with Crippen LogP contribution in [0.1, 0.15) is 6.92 Å². The number of rotatable bonds is 7. The molecule has 0 aliphatic heterocycles. The molecule has 0 aliphatic carbocycles. The zero-order valence-electron chi connectivity index (χ0n) is 13.9. The van der Waals surface area contributed by atoms with Crippen LogP contribution in [0.25, 0.3) is 0 Å². The number of hydrogen-bond acceptors (Lipinski definition) is 5. The maximum atomic E-state index is 5.77. The molecule has 1 aromatic carbocycles. The number of thiocarbonyl (C=S) groups is 1. The van der Waals surface area contributed by atoms with Gasteiger partial charge < -0.3 is 24.8 Å². The van der Waals surface area contributed by atoms with Crippen LogP contribution in [0.5, 0.6) is 17.2 Å². The number of methoxy groups -OCH3 is 2. The van der Waals surface area contributed by atoms with Gasteiger partial charge in [0, 0.05) is 6.20 Å². The molecule has 0 saturated heterocycles. The van der Waals surface area contributed by atoms with E-state index >= 15 is 0 Å². The minimum Gasteiger partial charge on any atom is -0.493 e. The quantitative estimate of drug-likeness (QED) is 0.747. The summed E-state index contributed by atoms with van der Waals surface area (Å²) in [4.78, 5) is 4.20. The van der Waals surface area contributed by atoms with E-state index in [1.54, 1.807) is 26.5 Å². The highest BCUT2D eigenvalue weighted by molar-refractivity contribution is 7.80. The molecule has 2 N–H and O–H groups in total. The van der Waals surface area contributed by atoms with Gasteiger partial charge in [-0.3, -0.25) is 0 Å². The van der Waals surface area contributed by atoms with E-state index in [-0.39, 0.29) is 6.04 Å². The fourth-order valence-electron chi connectivity index (χ4n) is 2.01. The summed E-state index contributed by atoms with van der Waals surface area (Å²) >= 11 is 5.30. The Balaban J connectivity index is 1.85. The van der Waals surface area contributed by atoms with Crippen molar-refractivity contribution in [3.05, 3.63) is 42.6 Å². The van der Waals surface area contributed by atoms with Crippen LogP contribution in [0.3, 0.4) is 0 Å². The number of para-hydroxylation sites is 2. The van der Waals surface area contributed by atoms with E-state index in [9.17, 15) is 0 Å². The number of nitrogens with zero attached hydrogens (tertiary/aromatic N) is 1. The van der Waals surface area contributed by atoms with Crippen molar-refractivity contribution < 1.29 is 14.2 Å². The van der Waals surface area contributed by atoms with Gasteiger partial charge in [0.25, 0.3) is 0 Å². The topological polar surface area (TPSA) is 64.6 Å². The lowest BCUT2D eigenvalue weighted by Gasteiger charge is -2.18. The largest absolute Gasteiger partial charge is 0.493 e. The number of anilines is 1. The number of benzene rings is 1. The Hall–Kier alpha value is -2.54. The summed E-state index contributed by atoms with van der Waals surface area (Å²) in [5, 5.41) is 6.61. The third kappa shape index (κ3) is 4.99. The zero-order valence-corrected chi connectivity index (χ0v) is 14.7. The summed E-state index contributed by atoms with van der Waals surface area (Å²) < 4.78 is 16.3. The number of aromatic nitrogens is 1. The van der Waals surface area contributed by atoms with E-state index in [2.05, 4.69) is 15.6 Å². The number of pyridine rings is 1. The van der Waals surface area contributed by atoms with E-state index < -0.39 is 0 Å². The van der Waals surface area contributed by atoms with Gasteiger partial charge in [-0.1, -0.05) is 12.1 Å². The van der Waals surface area contributed by atoms with E-state index in [1.165, 1.54) is 0 Å². The summed E-state index contributed by atoms with van der Waals surface area (Å²) in [6.45, 7) is 2.40. The van der Waals surface area contributed by atoms with Crippen LogP contribution in [-0.2, 0) is 0 Å². The average Bonchev–Trinajstić information content (AvgIpc) is 2.60. The van der Waals surface area contributed by atoms with Crippen molar-refractivity contribution in [2.45, 2.75) is 13.0 Å². The Bertz CT molecular complexity index is 682. The van der Waals surface area contributed by atoms with Gasteiger partial charge in [-0.25, -0.2) is 4.98 Å². The van der Waals surface area contributed by atoms with Gasteiger partial charge in [-0.15, -0.1) is 0 Å². The van der Waals surface area contributed by atoms with Crippen molar-refractivity contribution in [1.82, 2.24) is 10.3 Å². The normalized spacial score (nSPS) is 11.3. The maximum Gasteiger partial charge on any atom is 0.174 e. The number of ether oxygens (including phenoxy) is 3. The zero-order chi connectivity index (χ0) is 17.4. The van der Waals surface area contributed by atoms with Gasteiger partial charge in [0.15, 0.2) is 28.2 Å². The van der Waals surface area contributed by atoms with Crippen LogP contribution >= 0.6 is 12.2 Å². The SMILES string of the molecule is COc1ccccc1OC[C@H](C)NC(=S)Nc1ncccc1OC. The second-order valence-electron chi connectivity index (χ2n) is 5.02. The molecule has 2 aromatic rings. The summed E-state index contributed by atoms with van der Waals surface area (Å²) in [6, 6.07) is 11.1. The van der Waals surface area contributed by atoms with E-state index in [0.29, 0.717) is 34.8 Å². The molecule has 0 fully saturated rings. The molecule has 0 bridgehead atoms. The molecule has 1 aromatic heterocycles. The van der Waals surface area contributed by atoms with Gasteiger partial charge in [0.05, 0.1) is 20.3 Å². The van der Waals surface area contributed by atoms with E-state index in [4.69, 9.17) is 26.4 Å². The summed E-state index contributed by atoms with van der Waals surface area (Å²) in [6.07, 6.45) is 1.67. The van der Waals surface area contributed by atoms with Crippen LogP contribution in [0.2, 0.25) is 0 Å². The van der Waals surface area contributed by atoms with Gasteiger partial charge >= 0.3 is 0 Å². The van der Waals surface area contributed by atoms with Crippen LogP contribution in [0.4, 0.5) is 5.82 Å². The van der Waals surface area contributed by atoms with E-state index in [1.807, 2.05) is 37.3 Å². The molecule has 1 heterocycles. The Morgan fingerprint density at radius 2 is 1.75 bits per heavy atom. The second-order valence-corrected chi connectivity index (χ2v) is 5.42. The van der Waals surface area contributed by atoms with Crippen molar-refractivity contribution in [1.29, 1.82) is 0 Å². The molecule has 0 saturated carbocycles. The molecule has 1 atom stereocenters. The molecule has 7 heteroatoms. The second kappa shape index (κ2) is 8.93. The molecular formula is C17H21N3O3S. The van der Waals surface area contributed by atoms with Gasteiger partial charge in [0.2, 0.25) is 0 Å². The molecule has 0 aliphatic rings. The monoisotopic (exact) mass is 347 g/mol. The summed E-state index contributed by atoms with van der Waals surface area (Å²) in [5.74, 6) is 2.58. The Morgan fingerprint density at radius 1 is 1.08 bits per heavy atom. The fraction of sp³-hybridized carbons (Fsp3) is 0.294. The number of nitrogens with one attached hydrogen (secondary N) is 2. The Kier molecular flexibility index (Phi) is 6.62. The smallest absolute Gasteiger partial charge is 0.174 e. The van der Waals surface area contributed by atoms with Gasteiger partial charge in [-0.05, 0) is 43.4 Å². The lowest BCUT2D eigenvalue weighted by Crippen LogP contribution is -2.39. The summed E-state index contributed by atoms with van der Waals surface area (Å²) in [5.41, 5.74) is 0. The first-order valence-corrected chi connectivity index (χ1v) is 7.87. The Morgan fingerprint density at radius 3 is 2.46 bits per heavy atom. The number of hydrogen-bond donors (Lipinski definition) is 2. The molecule has 0 radical (unpaired) electrons. The van der Waals surface area contributed by atoms with Crippen molar-refractivity contribution >= 4 is 23.1 Å². The molecular weight excluding hydrogens is 326 g/mol. The standard InChI is InChI=1S/C17H21N3O3S/c1-12(11-23-14-8-5-4-7-13(14)21-2)19-17(24)20-16-15(22-3)9-6-10-18-16/h4-10,12H,11H2,1-3H3,(H2,18,19,20,24)/t12-/m0/s1. The summed E-state index contributed by atoms with van der Waals surface area (Å²) in [7, 11) is 3.20. The van der Waals surface area contributed by atoms with Crippen LogP contribution in [0, 0.1) is 0 Å². The molecule has 6 nitrogen and oxygen atoms in total. The van der Waals surface area contributed by atoms with Crippen molar-refractivity contribution in [3.63, 3.8) is 0 Å². The van der Waals surface area contributed by atoms with Gasteiger partial charge in [0.1, 0.15) is 6.61 Å². The minimum atomic E-state index is -0.00961. The Labute approximate surface area is 147 Å². The van der Waals surface area contributed by atoms with E-state index in [0.717, 1.165) is 0 Å².